The van der Waals surface area contributed by atoms with Crippen LogP contribution in [0.25, 0.3) is 16.5 Å². The SMILES string of the molecule is C=C=C(CNC)c1[nH]c2ccc(OC)cc2c1C. The summed E-state index contributed by atoms with van der Waals surface area (Å²) in [6.07, 6.45) is 0. The number of hydrogen-bond donors (Lipinski definition) is 2. The van der Waals surface area contributed by atoms with Crippen molar-refractivity contribution in [3.63, 3.8) is 0 Å². The van der Waals surface area contributed by atoms with E-state index < -0.39 is 0 Å². The molecule has 1 heterocycles. The Kier molecular flexibility index (Phi) is 3.56. The fourth-order valence-electron chi connectivity index (χ4n) is 2.15. The van der Waals surface area contributed by atoms with E-state index in [0.717, 1.165) is 29.1 Å². The highest BCUT2D eigenvalue weighted by Crippen LogP contribution is 2.28. The van der Waals surface area contributed by atoms with Crippen molar-refractivity contribution in [2.24, 2.45) is 0 Å². The van der Waals surface area contributed by atoms with Crippen molar-refractivity contribution in [3.8, 4) is 5.75 Å². The highest BCUT2D eigenvalue weighted by Gasteiger charge is 2.11. The number of ether oxygens (including phenoxy) is 1. The van der Waals surface area contributed by atoms with Crippen molar-refractivity contribution < 1.29 is 4.74 Å². The summed E-state index contributed by atoms with van der Waals surface area (Å²) in [6, 6.07) is 6.03. The molecule has 0 bridgehead atoms. The fraction of sp³-hybridized carbons (Fsp3) is 0.267. The molecule has 18 heavy (non-hydrogen) atoms. The fourth-order valence-corrected chi connectivity index (χ4v) is 2.15. The Morgan fingerprint density at radius 3 is 2.89 bits per heavy atom. The number of likely N-dealkylation sites (N-methyl/N-ethyl adjacent to an activating group) is 1. The van der Waals surface area contributed by atoms with Crippen molar-refractivity contribution in [3.05, 3.63) is 41.8 Å². The van der Waals surface area contributed by atoms with Gasteiger partial charge < -0.3 is 15.0 Å². The van der Waals surface area contributed by atoms with Crippen LogP contribution in [0.3, 0.4) is 0 Å². The third-order valence-corrected chi connectivity index (χ3v) is 3.13. The number of aromatic amines is 1. The van der Waals surface area contributed by atoms with Gasteiger partial charge >= 0.3 is 0 Å². The molecule has 94 valence electrons. The summed E-state index contributed by atoms with van der Waals surface area (Å²) < 4.78 is 5.26. The number of hydrogen-bond acceptors (Lipinski definition) is 2. The van der Waals surface area contributed by atoms with Crippen LogP contribution in [-0.2, 0) is 0 Å². The van der Waals surface area contributed by atoms with Crippen LogP contribution in [0, 0.1) is 6.92 Å². The maximum absolute atomic E-state index is 5.26. The number of nitrogens with one attached hydrogen (secondary N) is 2. The molecule has 2 N–H and O–H groups in total. The lowest BCUT2D eigenvalue weighted by Gasteiger charge is -2.03. The van der Waals surface area contributed by atoms with Gasteiger partial charge in [-0.05, 0) is 37.7 Å². The van der Waals surface area contributed by atoms with E-state index in [-0.39, 0.29) is 0 Å². The Bertz CT molecular complexity index is 619. The van der Waals surface area contributed by atoms with E-state index in [1.165, 1.54) is 10.9 Å². The lowest BCUT2D eigenvalue weighted by Crippen LogP contribution is -2.09. The average Bonchev–Trinajstić information content (AvgIpc) is 2.73. The number of fused-ring (bicyclic) bond motifs is 1. The maximum Gasteiger partial charge on any atom is 0.119 e. The summed E-state index contributed by atoms with van der Waals surface area (Å²) in [6.45, 7) is 6.60. The molecule has 2 aromatic rings. The van der Waals surface area contributed by atoms with E-state index in [9.17, 15) is 0 Å². The zero-order valence-corrected chi connectivity index (χ0v) is 11.1. The van der Waals surface area contributed by atoms with Crippen molar-refractivity contribution in [1.29, 1.82) is 0 Å². The Balaban J connectivity index is 2.60. The first-order valence-electron chi connectivity index (χ1n) is 5.91. The predicted octanol–water partition coefficient (Wildman–Crippen LogP) is 2.87. The number of H-pyrrole nitrogens is 1. The Hall–Kier alpha value is -1.96. The Labute approximate surface area is 107 Å². The highest BCUT2D eigenvalue weighted by molar-refractivity contribution is 5.90. The van der Waals surface area contributed by atoms with Gasteiger partial charge in [0.25, 0.3) is 0 Å². The van der Waals surface area contributed by atoms with Gasteiger partial charge in [-0.2, -0.15) is 0 Å². The van der Waals surface area contributed by atoms with E-state index in [1.54, 1.807) is 7.11 Å². The predicted molar refractivity (Wildman–Crippen MR) is 76.1 cm³/mol. The van der Waals surface area contributed by atoms with Crippen molar-refractivity contribution in [1.82, 2.24) is 10.3 Å². The van der Waals surface area contributed by atoms with Crippen LogP contribution in [0.4, 0.5) is 0 Å². The molecule has 0 spiro atoms. The van der Waals surface area contributed by atoms with E-state index in [1.807, 2.05) is 25.2 Å². The summed E-state index contributed by atoms with van der Waals surface area (Å²) in [7, 11) is 3.60. The molecule has 2 rings (SSSR count). The molecule has 0 amide bonds. The highest BCUT2D eigenvalue weighted by atomic mass is 16.5. The molecular formula is C15H18N2O. The molecule has 0 saturated heterocycles. The van der Waals surface area contributed by atoms with Gasteiger partial charge in [0.05, 0.1) is 12.8 Å². The van der Waals surface area contributed by atoms with Crippen LogP contribution in [-0.4, -0.2) is 25.7 Å². The zero-order valence-electron chi connectivity index (χ0n) is 11.1. The Morgan fingerprint density at radius 2 is 2.28 bits per heavy atom. The number of methoxy groups -OCH3 is 1. The van der Waals surface area contributed by atoms with E-state index >= 15 is 0 Å². The van der Waals surface area contributed by atoms with Crippen molar-refractivity contribution in [2.75, 3.05) is 20.7 Å². The largest absolute Gasteiger partial charge is 0.497 e. The van der Waals surface area contributed by atoms with E-state index in [0.29, 0.717) is 0 Å². The average molecular weight is 242 g/mol. The minimum Gasteiger partial charge on any atom is -0.497 e. The molecule has 1 aromatic heterocycles. The second-order valence-electron chi connectivity index (χ2n) is 4.22. The van der Waals surface area contributed by atoms with Gasteiger partial charge in [0.15, 0.2) is 0 Å². The summed E-state index contributed by atoms with van der Waals surface area (Å²) in [5.74, 6) is 0.869. The summed E-state index contributed by atoms with van der Waals surface area (Å²) in [5, 5.41) is 4.30. The number of benzene rings is 1. The van der Waals surface area contributed by atoms with Gasteiger partial charge in [-0.3, -0.25) is 0 Å². The molecule has 0 fully saturated rings. The van der Waals surface area contributed by atoms with Gasteiger partial charge in [0.2, 0.25) is 0 Å². The smallest absolute Gasteiger partial charge is 0.119 e. The summed E-state index contributed by atoms with van der Waals surface area (Å²) in [5.41, 5.74) is 7.43. The van der Waals surface area contributed by atoms with Crippen LogP contribution >= 0.6 is 0 Å². The number of rotatable bonds is 4. The van der Waals surface area contributed by atoms with Crippen LogP contribution in [0.2, 0.25) is 0 Å². The number of aromatic nitrogens is 1. The van der Waals surface area contributed by atoms with Crippen molar-refractivity contribution >= 4 is 16.5 Å². The van der Waals surface area contributed by atoms with Crippen LogP contribution in [0.15, 0.2) is 30.5 Å². The van der Waals surface area contributed by atoms with Crippen LogP contribution in [0.5, 0.6) is 5.75 Å². The molecule has 3 nitrogen and oxygen atoms in total. The maximum atomic E-state index is 5.26. The molecule has 0 radical (unpaired) electrons. The molecule has 0 aliphatic carbocycles. The Morgan fingerprint density at radius 1 is 1.50 bits per heavy atom. The monoisotopic (exact) mass is 242 g/mol. The van der Waals surface area contributed by atoms with Gasteiger partial charge in [0.1, 0.15) is 5.75 Å². The first-order chi connectivity index (χ1) is 8.71. The van der Waals surface area contributed by atoms with Crippen LogP contribution < -0.4 is 10.1 Å². The van der Waals surface area contributed by atoms with Gasteiger partial charge in [-0.25, -0.2) is 0 Å². The minimum atomic E-state index is 0.744. The zero-order chi connectivity index (χ0) is 13.1. The second kappa shape index (κ2) is 5.13. The molecule has 0 aliphatic rings. The lowest BCUT2D eigenvalue weighted by atomic mass is 10.1. The third-order valence-electron chi connectivity index (χ3n) is 3.13. The molecule has 3 heteroatoms. The molecule has 0 aliphatic heterocycles. The van der Waals surface area contributed by atoms with Gasteiger partial charge in [-0.1, -0.05) is 6.58 Å². The van der Waals surface area contributed by atoms with Crippen molar-refractivity contribution in [2.45, 2.75) is 6.92 Å². The first kappa shape index (κ1) is 12.5. The molecule has 0 atom stereocenters. The van der Waals surface area contributed by atoms with E-state index in [4.69, 9.17) is 4.74 Å². The molecular weight excluding hydrogens is 224 g/mol. The second-order valence-corrected chi connectivity index (χ2v) is 4.22. The first-order valence-corrected chi connectivity index (χ1v) is 5.91. The molecule has 0 saturated carbocycles. The quantitative estimate of drug-likeness (QED) is 0.809. The topological polar surface area (TPSA) is 37.0 Å². The standard InChI is InChI=1S/C15H18N2O/c1-5-11(9-16-3)15-10(2)13-8-12(18-4)6-7-14(13)17-15/h6-8,16-17H,1,9H2,2-4H3. The van der Waals surface area contributed by atoms with Gasteiger partial charge in [-0.15, -0.1) is 5.73 Å². The van der Waals surface area contributed by atoms with E-state index in [2.05, 4.69) is 29.5 Å². The third kappa shape index (κ3) is 2.06. The molecule has 1 aromatic carbocycles. The normalized spacial score (nSPS) is 10.4. The molecule has 0 unspecified atom stereocenters. The van der Waals surface area contributed by atoms with Crippen LogP contribution in [0.1, 0.15) is 11.3 Å². The summed E-state index contributed by atoms with van der Waals surface area (Å²) >= 11 is 0. The summed E-state index contributed by atoms with van der Waals surface area (Å²) in [4.78, 5) is 3.42. The number of aryl methyl sites for hydroxylation is 1. The minimum absolute atomic E-state index is 0.744. The lowest BCUT2D eigenvalue weighted by molar-refractivity contribution is 0.415. The van der Waals surface area contributed by atoms with Gasteiger partial charge in [0, 0.05) is 23.0 Å².